The maximum absolute atomic E-state index is 13.6. The van der Waals surface area contributed by atoms with E-state index in [1.807, 2.05) is 6.92 Å². The molecule has 1 aromatic rings. The third-order valence-corrected chi connectivity index (χ3v) is 3.72. The molecule has 100 valence electrons. The number of alkyl halides is 1. The second-order valence-electron chi connectivity index (χ2n) is 4.63. The van der Waals surface area contributed by atoms with E-state index in [1.54, 1.807) is 12.1 Å². The molecule has 0 radical (unpaired) electrons. The van der Waals surface area contributed by atoms with Crippen LogP contribution in [0.25, 0.3) is 0 Å². The van der Waals surface area contributed by atoms with Crippen LogP contribution in [0.3, 0.4) is 0 Å². The maximum atomic E-state index is 13.6. The van der Waals surface area contributed by atoms with Gasteiger partial charge in [-0.25, -0.2) is 8.78 Å². The Morgan fingerprint density at radius 1 is 1.39 bits per heavy atom. The van der Waals surface area contributed by atoms with E-state index in [-0.39, 0.29) is 12.2 Å². The Bertz CT molecular complexity index is 416. The molecule has 0 N–H and O–H groups in total. The zero-order chi connectivity index (χ0) is 13.1. The van der Waals surface area contributed by atoms with Gasteiger partial charge in [-0.05, 0) is 13.0 Å². The first-order valence-corrected chi connectivity index (χ1v) is 7.09. The van der Waals surface area contributed by atoms with Crippen molar-refractivity contribution >= 4 is 15.9 Å². The minimum Gasteiger partial charge on any atom is -0.372 e. The van der Waals surface area contributed by atoms with Gasteiger partial charge >= 0.3 is 0 Å². The number of benzene rings is 1. The van der Waals surface area contributed by atoms with Crippen molar-refractivity contribution in [1.82, 2.24) is 4.90 Å². The molecule has 0 aliphatic carbocycles. The average molecular weight is 320 g/mol. The van der Waals surface area contributed by atoms with Crippen LogP contribution >= 0.6 is 15.9 Å². The molecule has 2 nitrogen and oxygen atoms in total. The summed E-state index contributed by atoms with van der Waals surface area (Å²) < 4.78 is 32.4. The lowest BCUT2D eigenvalue weighted by Gasteiger charge is -2.36. The Morgan fingerprint density at radius 2 is 2.17 bits per heavy atom. The van der Waals surface area contributed by atoms with Crippen molar-refractivity contribution in [3.63, 3.8) is 0 Å². The predicted octanol–water partition coefficient (Wildman–Crippen LogP) is 2.95. The van der Waals surface area contributed by atoms with Gasteiger partial charge in [-0.3, -0.25) is 4.90 Å². The van der Waals surface area contributed by atoms with Gasteiger partial charge in [0.1, 0.15) is 0 Å². The van der Waals surface area contributed by atoms with Crippen molar-refractivity contribution in [1.29, 1.82) is 0 Å². The molecule has 2 atom stereocenters. The molecule has 0 amide bonds. The van der Waals surface area contributed by atoms with Gasteiger partial charge in [0, 0.05) is 30.5 Å². The first kappa shape index (κ1) is 13.9. The van der Waals surface area contributed by atoms with Gasteiger partial charge in [0.15, 0.2) is 11.6 Å². The number of hydrogen-bond acceptors (Lipinski definition) is 2. The first-order valence-electron chi connectivity index (χ1n) is 5.96. The molecule has 0 aromatic heterocycles. The van der Waals surface area contributed by atoms with Gasteiger partial charge in [-0.2, -0.15) is 0 Å². The fourth-order valence-electron chi connectivity index (χ4n) is 2.27. The highest BCUT2D eigenvalue weighted by Gasteiger charge is 2.25. The summed E-state index contributed by atoms with van der Waals surface area (Å²) in [5.41, 5.74) is 0.400. The van der Waals surface area contributed by atoms with E-state index in [4.69, 9.17) is 4.74 Å². The largest absolute Gasteiger partial charge is 0.372 e. The molecule has 1 saturated heterocycles. The standard InChI is InChI=1S/C13H16BrF2NO/c1-9-6-17(8-11(5-14)18-9)7-10-3-2-4-12(15)13(10)16/h2-4,9,11H,5-8H2,1H3. The third-order valence-electron chi connectivity index (χ3n) is 3.00. The molecular formula is C13H16BrF2NO. The number of morpholine rings is 1. The molecule has 5 heteroatoms. The molecule has 18 heavy (non-hydrogen) atoms. The highest BCUT2D eigenvalue weighted by atomic mass is 79.9. The summed E-state index contributed by atoms with van der Waals surface area (Å²) in [5, 5.41) is 0.749. The van der Waals surface area contributed by atoms with E-state index >= 15 is 0 Å². The maximum Gasteiger partial charge on any atom is 0.163 e. The topological polar surface area (TPSA) is 12.5 Å². The summed E-state index contributed by atoms with van der Waals surface area (Å²) in [6, 6.07) is 4.31. The second-order valence-corrected chi connectivity index (χ2v) is 5.28. The Balaban J connectivity index is 2.06. The number of nitrogens with zero attached hydrogens (tertiary/aromatic N) is 1. The smallest absolute Gasteiger partial charge is 0.163 e. The lowest BCUT2D eigenvalue weighted by Crippen LogP contribution is -2.46. The zero-order valence-corrected chi connectivity index (χ0v) is 11.8. The molecule has 1 fully saturated rings. The van der Waals surface area contributed by atoms with Crippen LogP contribution in [-0.2, 0) is 11.3 Å². The third kappa shape index (κ3) is 3.28. The summed E-state index contributed by atoms with van der Waals surface area (Å²) in [4.78, 5) is 2.10. The lowest BCUT2D eigenvalue weighted by molar-refractivity contribution is -0.0680. The molecule has 2 unspecified atom stereocenters. The van der Waals surface area contributed by atoms with Gasteiger partial charge in [-0.15, -0.1) is 0 Å². The Labute approximate surface area is 114 Å². The monoisotopic (exact) mass is 319 g/mol. The van der Waals surface area contributed by atoms with E-state index in [0.717, 1.165) is 24.5 Å². The molecule has 2 rings (SSSR count). The fourth-order valence-corrected chi connectivity index (χ4v) is 2.62. The van der Waals surface area contributed by atoms with Crippen LogP contribution in [0.4, 0.5) is 8.78 Å². The fraction of sp³-hybridized carbons (Fsp3) is 0.538. The van der Waals surface area contributed by atoms with Crippen LogP contribution in [0.5, 0.6) is 0 Å². The minimum absolute atomic E-state index is 0.102. The molecule has 0 saturated carbocycles. The van der Waals surface area contributed by atoms with Crippen LogP contribution in [0.2, 0.25) is 0 Å². The Hall–Kier alpha value is -0.520. The quantitative estimate of drug-likeness (QED) is 0.794. The number of ether oxygens (including phenoxy) is 1. The molecular weight excluding hydrogens is 304 g/mol. The van der Waals surface area contributed by atoms with Crippen molar-refractivity contribution < 1.29 is 13.5 Å². The molecule has 1 aromatic carbocycles. The van der Waals surface area contributed by atoms with Crippen LogP contribution in [0.1, 0.15) is 12.5 Å². The van der Waals surface area contributed by atoms with Crippen LogP contribution in [0, 0.1) is 11.6 Å². The summed E-state index contributed by atoms with van der Waals surface area (Å²) in [5.74, 6) is -1.53. The molecule has 1 aliphatic rings. The van der Waals surface area contributed by atoms with Crippen molar-refractivity contribution in [3.05, 3.63) is 35.4 Å². The van der Waals surface area contributed by atoms with Crippen LogP contribution in [-0.4, -0.2) is 35.5 Å². The molecule has 0 bridgehead atoms. The van der Waals surface area contributed by atoms with E-state index in [1.165, 1.54) is 0 Å². The van der Waals surface area contributed by atoms with Crippen molar-refractivity contribution in [2.24, 2.45) is 0 Å². The van der Waals surface area contributed by atoms with Crippen molar-refractivity contribution in [2.45, 2.75) is 25.7 Å². The van der Waals surface area contributed by atoms with E-state index < -0.39 is 11.6 Å². The van der Waals surface area contributed by atoms with Crippen LogP contribution in [0.15, 0.2) is 18.2 Å². The minimum atomic E-state index is -0.786. The average Bonchev–Trinajstić information content (AvgIpc) is 2.34. The predicted molar refractivity (Wildman–Crippen MR) is 69.8 cm³/mol. The number of rotatable bonds is 3. The molecule has 1 heterocycles. The van der Waals surface area contributed by atoms with E-state index in [0.29, 0.717) is 12.1 Å². The number of halogens is 3. The van der Waals surface area contributed by atoms with Gasteiger partial charge in [0.25, 0.3) is 0 Å². The highest BCUT2D eigenvalue weighted by molar-refractivity contribution is 9.09. The number of hydrogen-bond donors (Lipinski definition) is 0. The zero-order valence-electron chi connectivity index (χ0n) is 10.2. The van der Waals surface area contributed by atoms with E-state index in [9.17, 15) is 8.78 Å². The lowest BCUT2D eigenvalue weighted by atomic mass is 10.1. The summed E-state index contributed by atoms with van der Waals surface area (Å²) in [7, 11) is 0. The normalized spacial score (nSPS) is 25.3. The Morgan fingerprint density at radius 3 is 2.89 bits per heavy atom. The second kappa shape index (κ2) is 6.08. The van der Waals surface area contributed by atoms with E-state index in [2.05, 4.69) is 20.8 Å². The molecule has 0 spiro atoms. The van der Waals surface area contributed by atoms with Gasteiger partial charge < -0.3 is 4.74 Å². The molecule has 1 aliphatic heterocycles. The van der Waals surface area contributed by atoms with Gasteiger partial charge in [0.05, 0.1) is 12.2 Å². The SMILES string of the molecule is CC1CN(Cc2cccc(F)c2F)CC(CBr)O1. The van der Waals surface area contributed by atoms with Crippen molar-refractivity contribution in [2.75, 3.05) is 18.4 Å². The summed E-state index contributed by atoms with van der Waals surface area (Å²) in [6.45, 7) is 3.87. The highest BCUT2D eigenvalue weighted by Crippen LogP contribution is 2.18. The van der Waals surface area contributed by atoms with Gasteiger partial charge in [-0.1, -0.05) is 28.1 Å². The van der Waals surface area contributed by atoms with Crippen LogP contribution < -0.4 is 0 Å². The summed E-state index contributed by atoms with van der Waals surface area (Å²) in [6.07, 6.45) is 0.211. The summed E-state index contributed by atoms with van der Waals surface area (Å²) >= 11 is 3.39. The Kier molecular flexibility index (Phi) is 4.70. The van der Waals surface area contributed by atoms with Gasteiger partial charge in [0.2, 0.25) is 0 Å². The van der Waals surface area contributed by atoms with Crippen molar-refractivity contribution in [3.8, 4) is 0 Å². The first-order chi connectivity index (χ1) is 8.60.